The molecule has 0 spiro atoms. The molecule has 1 fully saturated rings. The van der Waals surface area contributed by atoms with Gasteiger partial charge in [-0.2, -0.15) is 13.2 Å². The lowest BCUT2D eigenvalue weighted by Gasteiger charge is -2.29. The van der Waals surface area contributed by atoms with E-state index >= 15 is 0 Å². The molecule has 0 unspecified atom stereocenters. The summed E-state index contributed by atoms with van der Waals surface area (Å²) in [7, 11) is 0. The number of nitrogens with one attached hydrogen (secondary N) is 2. The zero-order chi connectivity index (χ0) is 25.5. The zero-order valence-electron chi connectivity index (χ0n) is 20.1. The van der Waals surface area contributed by atoms with Gasteiger partial charge in [-0.1, -0.05) is 36.0 Å². The van der Waals surface area contributed by atoms with Crippen molar-refractivity contribution in [1.29, 1.82) is 0 Å². The fourth-order valence-corrected chi connectivity index (χ4v) is 5.64. The zero-order valence-corrected chi connectivity index (χ0v) is 20.9. The Morgan fingerprint density at radius 3 is 2.42 bits per heavy atom. The van der Waals surface area contributed by atoms with E-state index in [1.807, 2.05) is 18.2 Å². The van der Waals surface area contributed by atoms with Crippen molar-refractivity contribution in [3.05, 3.63) is 64.6 Å². The Balaban J connectivity index is 1.40. The fraction of sp³-hybridized carbons (Fsp3) is 0.407. The molecule has 36 heavy (non-hydrogen) atoms. The topological polar surface area (TPSA) is 53.9 Å². The molecule has 0 aromatic heterocycles. The van der Waals surface area contributed by atoms with Gasteiger partial charge in [0.15, 0.2) is 0 Å². The van der Waals surface area contributed by atoms with Gasteiger partial charge in [-0.3, -0.25) is 14.5 Å². The molecule has 0 atom stereocenters. The lowest BCUT2D eigenvalue weighted by Crippen LogP contribution is -3.11. The highest BCUT2D eigenvalue weighted by molar-refractivity contribution is 8.04. The lowest BCUT2D eigenvalue weighted by atomic mass is 10.1. The monoisotopic (exact) mass is 518 g/mol. The van der Waals surface area contributed by atoms with Gasteiger partial charge in [-0.05, 0) is 61.6 Å². The fourth-order valence-electron chi connectivity index (χ4n) is 4.58. The maximum atomic E-state index is 13.3. The number of nitrogens with zero attached hydrogens (tertiary/aromatic N) is 1. The minimum Gasteiger partial charge on any atom is -0.354 e. The number of benzene rings is 2. The van der Waals surface area contributed by atoms with Crippen molar-refractivity contribution in [2.24, 2.45) is 0 Å². The number of para-hydroxylation sites is 1. The number of quaternary nitrogens is 1. The van der Waals surface area contributed by atoms with E-state index in [1.54, 1.807) is 17.0 Å². The molecule has 2 heterocycles. The molecular weight excluding hydrogens is 487 g/mol. The van der Waals surface area contributed by atoms with Crippen molar-refractivity contribution in [3.8, 4) is 0 Å². The summed E-state index contributed by atoms with van der Waals surface area (Å²) in [6, 6.07) is 12.0. The molecule has 2 N–H and O–H groups in total. The number of anilines is 1. The third-order valence-corrected chi connectivity index (χ3v) is 7.59. The smallest absolute Gasteiger partial charge is 0.354 e. The van der Waals surface area contributed by atoms with Gasteiger partial charge < -0.3 is 10.2 Å². The molecule has 2 aliphatic heterocycles. The van der Waals surface area contributed by atoms with E-state index in [-0.39, 0.29) is 18.4 Å². The average molecular weight is 519 g/mol. The molecule has 4 rings (SSSR count). The molecule has 9 heteroatoms. The molecule has 192 valence electrons. The highest BCUT2D eigenvalue weighted by Crippen LogP contribution is 2.42. The van der Waals surface area contributed by atoms with Gasteiger partial charge in [-0.25, -0.2) is 0 Å². The maximum Gasteiger partial charge on any atom is 0.416 e. The number of hydrogen-bond acceptors (Lipinski definition) is 3. The van der Waals surface area contributed by atoms with Crippen LogP contribution in [0.3, 0.4) is 0 Å². The number of carbonyl (C=O) groups is 2. The van der Waals surface area contributed by atoms with Gasteiger partial charge in [0.2, 0.25) is 5.91 Å². The van der Waals surface area contributed by atoms with Gasteiger partial charge in [-0.15, -0.1) is 0 Å². The Morgan fingerprint density at radius 1 is 1.03 bits per heavy atom. The van der Waals surface area contributed by atoms with Gasteiger partial charge in [0.1, 0.15) is 6.54 Å². The molecule has 2 aliphatic rings. The number of likely N-dealkylation sites (tertiary alicyclic amines) is 1. The Kier molecular flexibility index (Phi) is 8.74. The Labute approximate surface area is 213 Å². The van der Waals surface area contributed by atoms with E-state index in [4.69, 9.17) is 0 Å². The first kappa shape index (κ1) is 26.3. The summed E-state index contributed by atoms with van der Waals surface area (Å²) in [5.41, 5.74) is 0.397. The first-order valence-corrected chi connectivity index (χ1v) is 13.2. The molecule has 0 saturated carbocycles. The van der Waals surface area contributed by atoms with Crippen molar-refractivity contribution in [2.45, 2.75) is 43.2 Å². The number of halogens is 3. The summed E-state index contributed by atoms with van der Waals surface area (Å²) in [5.74, 6) is -0.576. The number of alkyl halides is 3. The van der Waals surface area contributed by atoms with Crippen LogP contribution in [-0.2, 0) is 15.8 Å². The summed E-state index contributed by atoms with van der Waals surface area (Å²) in [5, 5.41) is 2.94. The van der Waals surface area contributed by atoms with Crippen LogP contribution < -0.4 is 15.1 Å². The number of hydrogen-bond donors (Lipinski definition) is 2. The first-order chi connectivity index (χ1) is 17.3. The Morgan fingerprint density at radius 2 is 1.72 bits per heavy atom. The summed E-state index contributed by atoms with van der Waals surface area (Å²) in [6.45, 7) is 3.87. The van der Waals surface area contributed by atoms with Crippen LogP contribution in [0, 0.1) is 0 Å². The highest BCUT2D eigenvalue weighted by atomic mass is 32.2. The summed E-state index contributed by atoms with van der Waals surface area (Å²) >= 11 is 1.25. The third kappa shape index (κ3) is 6.91. The van der Waals surface area contributed by atoms with Crippen molar-refractivity contribution < 1.29 is 27.7 Å². The quantitative estimate of drug-likeness (QED) is 0.428. The van der Waals surface area contributed by atoms with Gasteiger partial charge >= 0.3 is 6.18 Å². The Hall–Kier alpha value is -2.78. The summed E-state index contributed by atoms with van der Waals surface area (Å²) in [4.78, 5) is 30.2. The normalized spacial score (nSPS) is 18.1. The average Bonchev–Trinajstić information content (AvgIpc) is 3.13. The number of rotatable bonds is 7. The second-order valence-corrected chi connectivity index (χ2v) is 10.3. The second kappa shape index (κ2) is 12.0. The number of thioether (sulfide) groups is 1. The maximum absolute atomic E-state index is 13.3. The standard InChI is InChI=1S/C27H30F3N3O2S/c28-27(29,30)21-12-10-20(11-13-21)18-24-26(35)33(22-8-3-4-9-23(22)36-24)19-25(34)31-14-7-17-32-15-5-1-2-6-16-32/h3-4,8-13,18H,1-2,5-7,14-17,19H2,(H,31,34)/p+1. The molecule has 0 radical (unpaired) electrons. The van der Waals surface area contributed by atoms with E-state index in [1.165, 1.54) is 67.6 Å². The SMILES string of the molecule is O=C(CN1C(=O)C(=Cc2ccc(C(F)(F)F)cc2)Sc2ccccc21)NCCC[NH+]1CCCCCC1. The van der Waals surface area contributed by atoms with Crippen LogP contribution in [0.25, 0.3) is 6.08 Å². The van der Waals surface area contributed by atoms with Crippen LogP contribution in [0.1, 0.15) is 43.2 Å². The Bertz CT molecular complexity index is 1090. The summed E-state index contributed by atoms with van der Waals surface area (Å²) < 4.78 is 38.6. The van der Waals surface area contributed by atoms with Gasteiger partial charge in [0.05, 0.1) is 35.8 Å². The lowest BCUT2D eigenvalue weighted by molar-refractivity contribution is -0.899. The van der Waals surface area contributed by atoms with Crippen LogP contribution in [0.15, 0.2) is 58.3 Å². The molecule has 2 amide bonds. The van der Waals surface area contributed by atoms with Gasteiger partial charge in [0.25, 0.3) is 5.91 Å². The predicted octanol–water partition coefficient (Wildman–Crippen LogP) is 4.15. The number of amides is 2. The van der Waals surface area contributed by atoms with E-state index in [0.717, 1.165) is 30.0 Å². The molecular formula is C27H31F3N3O2S+. The van der Waals surface area contributed by atoms with Crippen LogP contribution in [0.2, 0.25) is 0 Å². The van der Waals surface area contributed by atoms with Crippen molar-refractivity contribution in [3.63, 3.8) is 0 Å². The molecule has 5 nitrogen and oxygen atoms in total. The van der Waals surface area contributed by atoms with E-state index in [9.17, 15) is 22.8 Å². The predicted molar refractivity (Wildman–Crippen MR) is 136 cm³/mol. The minimum absolute atomic E-state index is 0.114. The van der Waals surface area contributed by atoms with E-state index < -0.39 is 11.7 Å². The molecule has 0 bridgehead atoms. The highest BCUT2D eigenvalue weighted by Gasteiger charge is 2.31. The van der Waals surface area contributed by atoms with Crippen LogP contribution >= 0.6 is 11.8 Å². The third-order valence-electron chi connectivity index (χ3n) is 6.51. The second-order valence-electron chi connectivity index (χ2n) is 9.21. The molecule has 2 aromatic carbocycles. The molecule has 2 aromatic rings. The summed E-state index contributed by atoms with van der Waals surface area (Å²) in [6.07, 6.45) is 3.17. The van der Waals surface area contributed by atoms with Gasteiger partial charge in [0, 0.05) is 17.9 Å². The van der Waals surface area contributed by atoms with Crippen LogP contribution in [0.4, 0.5) is 18.9 Å². The van der Waals surface area contributed by atoms with Crippen molar-refractivity contribution in [1.82, 2.24) is 5.32 Å². The first-order valence-electron chi connectivity index (χ1n) is 12.4. The number of carbonyl (C=O) groups excluding carboxylic acids is 2. The van der Waals surface area contributed by atoms with Crippen LogP contribution in [0.5, 0.6) is 0 Å². The van der Waals surface area contributed by atoms with E-state index in [0.29, 0.717) is 22.7 Å². The minimum atomic E-state index is -4.42. The van der Waals surface area contributed by atoms with Crippen LogP contribution in [-0.4, -0.2) is 44.5 Å². The van der Waals surface area contributed by atoms with Crippen molar-refractivity contribution in [2.75, 3.05) is 37.6 Å². The number of fused-ring (bicyclic) bond motifs is 1. The molecule has 0 aliphatic carbocycles. The molecule has 1 saturated heterocycles. The largest absolute Gasteiger partial charge is 0.416 e. The van der Waals surface area contributed by atoms with Crippen molar-refractivity contribution >= 4 is 35.3 Å². The van der Waals surface area contributed by atoms with E-state index in [2.05, 4.69) is 5.32 Å².